The van der Waals surface area contributed by atoms with E-state index in [2.05, 4.69) is 15.5 Å². The Morgan fingerprint density at radius 3 is 3.06 bits per heavy atom. The van der Waals surface area contributed by atoms with Gasteiger partial charge in [0.1, 0.15) is 10.8 Å². The second-order valence-electron chi connectivity index (χ2n) is 3.30. The van der Waals surface area contributed by atoms with Gasteiger partial charge in [-0.05, 0) is 24.7 Å². The largest absolute Gasteiger partial charge is 0.430 e. The predicted molar refractivity (Wildman–Crippen MR) is 68.8 cm³/mol. The summed E-state index contributed by atoms with van der Waals surface area (Å²) < 4.78 is 5.55. The van der Waals surface area contributed by atoms with E-state index in [9.17, 15) is 0 Å². The lowest BCUT2D eigenvalue weighted by Gasteiger charge is -2.00. The maximum Gasteiger partial charge on any atom is 0.299 e. The number of nitrogens with zero attached hydrogens (tertiary/aromatic N) is 2. The molecule has 0 aliphatic carbocycles. The molecule has 0 bridgehead atoms. The predicted octanol–water partition coefficient (Wildman–Crippen LogP) is 3.09. The van der Waals surface area contributed by atoms with Crippen LogP contribution in [0.3, 0.4) is 0 Å². The third-order valence-corrected chi connectivity index (χ3v) is 3.01. The van der Waals surface area contributed by atoms with Crippen molar-refractivity contribution in [3.63, 3.8) is 0 Å². The number of rotatable bonds is 5. The summed E-state index contributed by atoms with van der Waals surface area (Å²) >= 11 is 7.29. The van der Waals surface area contributed by atoms with Gasteiger partial charge in [0.05, 0.1) is 0 Å². The molecule has 1 N–H and O–H groups in total. The molecule has 0 radical (unpaired) electrons. The maximum absolute atomic E-state index is 5.86. The van der Waals surface area contributed by atoms with Gasteiger partial charge < -0.3 is 10.1 Å². The number of nitrogens with one attached hydrogen (secondary N) is 1. The summed E-state index contributed by atoms with van der Waals surface area (Å²) in [5.41, 5.74) is 0. The third kappa shape index (κ3) is 3.66. The molecule has 17 heavy (non-hydrogen) atoms. The van der Waals surface area contributed by atoms with Crippen molar-refractivity contribution in [2.45, 2.75) is 13.5 Å². The Morgan fingerprint density at radius 1 is 1.41 bits per heavy atom. The van der Waals surface area contributed by atoms with Crippen LogP contribution in [0.5, 0.6) is 10.9 Å². The molecule has 90 valence electrons. The van der Waals surface area contributed by atoms with Crippen molar-refractivity contribution < 1.29 is 4.74 Å². The smallest absolute Gasteiger partial charge is 0.299 e. The van der Waals surface area contributed by atoms with E-state index in [4.69, 9.17) is 16.3 Å². The SMILES string of the molecule is CCNCc1nnc(Oc2cccc(Cl)c2)s1. The van der Waals surface area contributed by atoms with Crippen LogP contribution in [-0.2, 0) is 6.54 Å². The second kappa shape index (κ2) is 5.95. The second-order valence-corrected chi connectivity index (χ2v) is 4.76. The Kier molecular flexibility index (Phi) is 4.30. The minimum Gasteiger partial charge on any atom is -0.430 e. The molecule has 0 spiro atoms. The molecule has 0 saturated carbocycles. The quantitative estimate of drug-likeness (QED) is 0.906. The zero-order valence-corrected chi connectivity index (χ0v) is 10.9. The minimum atomic E-state index is 0.528. The van der Waals surface area contributed by atoms with Gasteiger partial charge in [0.2, 0.25) is 0 Å². The van der Waals surface area contributed by atoms with Crippen LogP contribution in [0.25, 0.3) is 0 Å². The van der Waals surface area contributed by atoms with Gasteiger partial charge in [-0.15, -0.1) is 5.10 Å². The Hall–Kier alpha value is -1.17. The highest BCUT2D eigenvalue weighted by Crippen LogP contribution is 2.26. The van der Waals surface area contributed by atoms with Gasteiger partial charge in [-0.1, -0.05) is 41.0 Å². The molecular weight excluding hydrogens is 258 g/mol. The molecule has 1 aromatic carbocycles. The summed E-state index contributed by atoms with van der Waals surface area (Å²) in [6.07, 6.45) is 0. The molecule has 1 aromatic heterocycles. The van der Waals surface area contributed by atoms with Gasteiger partial charge in [0.25, 0.3) is 5.19 Å². The fraction of sp³-hybridized carbons (Fsp3) is 0.273. The van der Waals surface area contributed by atoms with Gasteiger partial charge in [-0.2, -0.15) is 0 Å². The standard InChI is InChI=1S/C11H12ClN3OS/c1-2-13-7-10-14-15-11(17-10)16-9-5-3-4-8(12)6-9/h3-6,13H,2,7H2,1H3. The molecule has 0 fully saturated rings. The summed E-state index contributed by atoms with van der Waals surface area (Å²) in [6.45, 7) is 3.67. The van der Waals surface area contributed by atoms with Gasteiger partial charge in [0, 0.05) is 11.6 Å². The fourth-order valence-electron chi connectivity index (χ4n) is 1.21. The van der Waals surface area contributed by atoms with Gasteiger partial charge >= 0.3 is 0 Å². The molecule has 2 rings (SSSR count). The molecule has 0 amide bonds. The third-order valence-electron chi connectivity index (χ3n) is 1.98. The highest BCUT2D eigenvalue weighted by molar-refractivity contribution is 7.13. The maximum atomic E-state index is 5.86. The van der Waals surface area contributed by atoms with Crippen LogP contribution >= 0.6 is 22.9 Å². The fourth-order valence-corrected chi connectivity index (χ4v) is 2.07. The summed E-state index contributed by atoms with van der Waals surface area (Å²) in [5, 5.41) is 13.2. The van der Waals surface area contributed by atoms with Crippen molar-refractivity contribution in [3.8, 4) is 10.9 Å². The number of ether oxygens (including phenoxy) is 1. The van der Waals surface area contributed by atoms with Gasteiger partial charge in [0.15, 0.2) is 0 Å². The topological polar surface area (TPSA) is 47.0 Å². The lowest BCUT2D eigenvalue weighted by atomic mass is 10.3. The van der Waals surface area contributed by atoms with Crippen molar-refractivity contribution in [1.82, 2.24) is 15.5 Å². The lowest BCUT2D eigenvalue weighted by molar-refractivity contribution is 0.473. The summed E-state index contributed by atoms with van der Waals surface area (Å²) in [4.78, 5) is 0. The average molecular weight is 270 g/mol. The first-order valence-corrected chi connectivity index (χ1v) is 6.44. The van der Waals surface area contributed by atoms with E-state index in [1.807, 2.05) is 19.1 Å². The van der Waals surface area contributed by atoms with E-state index < -0.39 is 0 Å². The summed E-state index contributed by atoms with van der Waals surface area (Å²) in [6, 6.07) is 7.20. The lowest BCUT2D eigenvalue weighted by Crippen LogP contribution is -2.11. The first-order chi connectivity index (χ1) is 8.28. The van der Waals surface area contributed by atoms with E-state index in [0.717, 1.165) is 11.6 Å². The molecule has 6 heteroatoms. The molecule has 0 aliphatic heterocycles. The molecule has 2 aromatic rings. The Morgan fingerprint density at radius 2 is 2.29 bits per heavy atom. The van der Waals surface area contributed by atoms with E-state index in [1.165, 1.54) is 11.3 Å². The van der Waals surface area contributed by atoms with Crippen LogP contribution in [0.4, 0.5) is 0 Å². The molecular formula is C11H12ClN3OS. The minimum absolute atomic E-state index is 0.528. The first kappa shape index (κ1) is 12.3. The Balaban J connectivity index is 2.01. The zero-order valence-electron chi connectivity index (χ0n) is 9.31. The van der Waals surface area contributed by atoms with Gasteiger partial charge in [-0.25, -0.2) is 0 Å². The number of aromatic nitrogens is 2. The van der Waals surface area contributed by atoms with Crippen molar-refractivity contribution in [2.75, 3.05) is 6.54 Å². The number of benzene rings is 1. The first-order valence-electron chi connectivity index (χ1n) is 5.24. The number of hydrogen-bond acceptors (Lipinski definition) is 5. The van der Waals surface area contributed by atoms with Crippen LogP contribution < -0.4 is 10.1 Å². The summed E-state index contributed by atoms with van der Waals surface area (Å²) in [7, 11) is 0. The average Bonchev–Trinajstić information content (AvgIpc) is 2.74. The number of halogens is 1. The van der Waals surface area contributed by atoms with E-state index >= 15 is 0 Å². The molecule has 4 nitrogen and oxygen atoms in total. The van der Waals surface area contributed by atoms with E-state index in [1.54, 1.807) is 12.1 Å². The number of hydrogen-bond donors (Lipinski definition) is 1. The monoisotopic (exact) mass is 269 g/mol. The molecule has 0 aliphatic rings. The van der Waals surface area contributed by atoms with Crippen molar-refractivity contribution in [3.05, 3.63) is 34.3 Å². The Bertz CT molecular complexity index is 489. The van der Waals surface area contributed by atoms with Crippen LogP contribution in [0.1, 0.15) is 11.9 Å². The normalized spacial score (nSPS) is 10.5. The van der Waals surface area contributed by atoms with Crippen LogP contribution in [0, 0.1) is 0 Å². The van der Waals surface area contributed by atoms with Crippen LogP contribution in [0.2, 0.25) is 5.02 Å². The Labute approximate surface area is 109 Å². The highest BCUT2D eigenvalue weighted by atomic mass is 35.5. The van der Waals surface area contributed by atoms with E-state index in [-0.39, 0.29) is 0 Å². The van der Waals surface area contributed by atoms with Crippen LogP contribution in [-0.4, -0.2) is 16.7 Å². The highest BCUT2D eigenvalue weighted by Gasteiger charge is 2.05. The zero-order chi connectivity index (χ0) is 12.1. The molecule has 1 heterocycles. The summed E-state index contributed by atoms with van der Waals surface area (Å²) in [5.74, 6) is 0.670. The van der Waals surface area contributed by atoms with Crippen molar-refractivity contribution in [1.29, 1.82) is 0 Å². The van der Waals surface area contributed by atoms with Gasteiger partial charge in [-0.3, -0.25) is 0 Å². The van der Waals surface area contributed by atoms with E-state index in [0.29, 0.717) is 22.5 Å². The van der Waals surface area contributed by atoms with Crippen molar-refractivity contribution >= 4 is 22.9 Å². The van der Waals surface area contributed by atoms with Crippen molar-refractivity contribution in [2.24, 2.45) is 0 Å². The van der Waals surface area contributed by atoms with Crippen LogP contribution in [0.15, 0.2) is 24.3 Å². The molecule has 0 unspecified atom stereocenters. The molecule has 0 saturated heterocycles. The molecule has 0 atom stereocenters.